The molecular weight excluding hydrogens is 440 g/mol. The van der Waals surface area contributed by atoms with Crippen LogP contribution in [0.2, 0.25) is 0 Å². The van der Waals surface area contributed by atoms with Crippen molar-refractivity contribution in [1.82, 2.24) is 4.58 Å². The zero-order valence-corrected chi connectivity index (χ0v) is 21.8. The normalized spacial score (nSPS) is 12.3. The van der Waals surface area contributed by atoms with Crippen LogP contribution in [-0.2, 0) is 0 Å². The minimum absolute atomic E-state index is 0.0807. The Labute approximate surface area is 206 Å². The van der Waals surface area contributed by atoms with Gasteiger partial charge in [0, 0.05) is 60.4 Å². The van der Waals surface area contributed by atoms with Crippen molar-refractivity contribution in [1.29, 1.82) is 0 Å². The van der Waals surface area contributed by atoms with Crippen LogP contribution in [0.25, 0.3) is 33.4 Å². The zero-order valence-electron chi connectivity index (χ0n) is 20.9. The molecule has 5 heteroatoms. The summed E-state index contributed by atoms with van der Waals surface area (Å²) in [7, 11) is 6.21. The number of anilines is 1. The summed E-state index contributed by atoms with van der Waals surface area (Å²) in [5.74, 6) is 2.10. The first-order valence-corrected chi connectivity index (χ1v) is 13.0. The van der Waals surface area contributed by atoms with Gasteiger partial charge < -0.3 is 9.32 Å². The quantitative estimate of drug-likeness (QED) is 0.144. The molecule has 2 aromatic rings. The van der Waals surface area contributed by atoms with Crippen molar-refractivity contribution in [2.24, 2.45) is 0 Å². The summed E-state index contributed by atoms with van der Waals surface area (Å²) in [6, 6.07) is 18.9. The first-order chi connectivity index (χ1) is 16.3. The molecule has 0 amide bonds. The number of rotatable bonds is 7. The molecule has 0 unspecified atom stereocenters. The highest BCUT2D eigenvalue weighted by molar-refractivity contribution is 7.98. The van der Waals surface area contributed by atoms with E-state index in [2.05, 4.69) is 72.2 Å². The molecule has 34 heavy (non-hydrogen) atoms. The molecule has 176 valence electrons. The van der Waals surface area contributed by atoms with Crippen molar-refractivity contribution < 1.29 is 9.21 Å². The molecule has 1 aliphatic carbocycles. The van der Waals surface area contributed by atoms with E-state index in [1.807, 2.05) is 38.0 Å². The van der Waals surface area contributed by atoms with Gasteiger partial charge in [-0.15, -0.1) is 0 Å². The molecule has 1 aliphatic heterocycles. The average Bonchev–Trinajstić information content (AvgIpc) is 2.82. The number of Topliss-reactive ketones (excluding diaryl/α,β-unsaturated/α-hetero) is 1. The molecule has 0 radical (unpaired) electrons. The summed E-state index contributed by atoms with van der Waals surface area (Å²) < 4.78 is 8.80. The highest BCUT2D eigenvalue weighted by Crippen LogP contribution is 2.41. The van der Waals surface area contributed by atoms with E-state index in [9.17, 15) is 4.79 Å². The first-order valence-electron chi connectivity index (χ1n) is 11.6. The Bertz CT molecular complexity index is 1400. The Kier molecular flexibility index (Phi) is 7.13. The third-order valence-electron chi connectivity index (χ3n) is 6.39. The third kappa shape index (κ3) is 4.76. The maximum atomic E-state index is 11.9. The van der Waals surface area contributed by atoms with Crippen LogP contribution in [0, 0.1) is 6.92 Å². The van der Waals surface area contributed by atoms with E-state index < -0.39 is 0 Å². The summed E-state index contributed by atoms with van der Waals surface area (Å²) in [6.45, 7) is 4.69. The molecule has 0 spiro atoms. The molecule has 2 aromatic carbocycles. The van der Waals surface area contributed by atoms with Gasteiger partial charge in [-0.2, -0.15) is 11.8 Å². The Balaban J connectivity index is 2.00. The Morgan fingerprint density at radius 3 is 2.47 bits per heavy atom. The van der Waals surface area contributed by atoms with Gasteiger partial charge in [0.2, 0.25) is 5.36 Å². The van der Waals surface area contributed by atoms with Crippen molar-refractivity contribution >= 4 is 34.2 Å². The summed E-state index contributed by atoms with van der Waals surface area (Å²) >= 11 is 1.88. The van der Waals surface area contributed by atoms with Gasteiger partial charge in [0.05, 0.1) is 6.07 Å². The minimum atomic E-state index is 0.0807. The van der Waals surface area contributed by atoms with Crippen LogP contribution in [0.5, 0.6) is 0 Å². The number of fused-ring (bicyclic) bond motifs is 2. The smallest absolute Gasteiger partial charge is 0.203 e. The van der Waals surface area contributed by atoms with Gasteiger partial charge in [0.25, 0.3) is 0 Å². The van der Waals surface area contributed by atoms with Crippen molar-refractivity contribution in [3.63, 3.8) is 0 Å². The van der Waals surface area contributed by atoms with E-state index in [4.69, 9.17) is 4.42 Å². The highest BCUT2D eigenvalue weighted by Gasteiger charge is 2.20. The fraction of sp³-hybridized carbons (Fsp3) is 0.310. The zero-order chi connectivity index (χ0) is 24.4. The summed E-state index contributed by atoms with van der Waals surface area (Å²) in [4.78, 5) is 14.0. The predicted octanol–water partition coefficient (Wildman–Crippen LogP) is 5.94. The molecule has 0 aromatic heterocycles. The van der Waals surface area contributed by atoms with E-state index in [0.29, 0.717) is 0 Å². The van der Waals surface area contributed by atoms with Gasteiger partial charge >= 0.3 is 0 Å². The van der Waals surface area contributed by atoms with Gasteiger partial charge in [-0.25, -0.2) is 4.58 Å². The SMILES string of the molecule is CSCCC/[N+](C)=c1\ccc2c(-c3ccc(C(C)=O)cc3C)c3ccc(N(C)C)cc3oc-2c1. The van der Waals surface area contributed by atoms with E-state index in [-0.39, 0.29) is 5.78 Å². The Morgan fingerprint density at radius 2 is 1.79 bits per heavy atom. The molecule has 0 saturated carbocycles. The lowest BCUT2D eigenvalue weighted by Gasteiger charge is -2.19. The van der Waals surface area contributed by atoms with Crippen LogP contribution in [-0.4, -0.2) is 45.5 Å². The molecular formula is C29H33N2O2S+. The third-order valence-corrected chi connectivity index (χ3v) is 7.09. The number of ketones is 1. The van der Waals surface area contributed by atoms with E-state index in [1.54, 1.807) is 6.92 Å². The van der Waals surface area contributed by atoms with Crippen molar-refractivity contribution in [3.8, 4) is 22.5 Å². The minimum Gasteiger partial charge on any atom is -0.456 e. The van der Waals surface area contributed by atoms with Crippen LogP contribution >= 0.6 is 11.8 Å². The molecule has 0 atom stereocenters. The largest absolute Gasteiger partial charge is 0.456 e. The number of benzene rings is 3. The second kappa shape index (κ2) is 10.1. The van der Waals surface area contributed by atoms with E-state index in [1.165, 1.54) is 0 Å². The predicted molar refractivity (Wildman–Crippen MR) is 146 cm³/mol. The van der Waals surface area contributed by atoms with E-state index in [0.717, 1.165) is 74.3 Å². The molecule has 4 nitrogen and oxygen atoms in total. The summed E-state index contributed by atoms with van der Waals surface area (Å²) in [5.41, 5.74) is 7.10. The fourth-order valence-electron chi connectivity index (χ4n) is 4.41. The molecule has 2 aliphatic rings. The number of hydrogen-bond acceptors (Lipinski definition) is 4. The Hall–Kier alpha value is -3.05. The molecule has 0 bridgehead atoms. The molecule has 1 heterocycles. The van der Waals surface area contributed by atoms with Crippen LogP contribution < -0.4 is 14.8 Å². The van der Waals surface area contributed by atoms with Gasteiger partial charge in [0.1, 0.15) is 24.9 Å². The number of carbonyl (C=O) groups excluding carboxylic acids is 1. The molecule has 0 N–H and O–H groups in total. The van der Waals surface area contributed by atoms with Gasteiger partial charge in [-0.05, 0) is 61.2 Å². The number of nitrogens with zero attached hydrogens (tertiary/aromatic N) is 2. The van der Waals surface area contributed by atoms with Crippen molar-refractivity contribution in [2.45, 2.75) is 20.3 Å². The molecule has 0 fully saturated rings. The van der Waals surface area contributed by atoms with Gasteiger partial charge in [-0.1, -0.05) is 12.1 Å². The standard InChI is InChI=1S/C29H33N2O2S/c1-19-16-21(20(2)32)8-11-24(19)29-25-12-9-22(30(3)4)17-27(25)33-28-18-23(10-13-26(28)29)31(5)14-7-15-34-6/h8-13,16-18H,7,14-15H2,1-6H3/q+1. The monoisotopic (exact) mass is 473 g/mol. The fourth-order valence-corrected chi connectivity index (χ4v) is 4.83. The summed E-state index contributed by atoms with van der Waals surface area (Å²) in [6.07, 6.45) is 3.29. The number of hydrogen-bond donors (Lipinski definition) is 0. The lowest BCUT2D eigenvalue weighted by molar-refractivity contribution is 0.101. The maximum Gasteiger partial charge on any atom is 0.203 e. The second-order valence-electron chi connectivity index (χ2n) is 9.09. The lowest BCUT2D eigenvalue weighted by Crippen LogP contribution is -2.27. The van der Waals surface area contributed by atoms with Crippen molar-refractivity contribution in [3.05, 3.63) is 71.1 Å². The number of thioether (sulfide) groups is 1. The maximum absolute atomic E-state index is 11.9. The topological polar surface area (TPSA) is 36.5 Å². The highest BCUT2D eigenvalue weighted by atomic mass is 32.2. The van der Waals surface area contributed by atoms with E-state index >= 15 is 0 Å². The van der Waals surface area contributed by atoms with Crippen LogP contribution in [0.3, 0.4) is 0 Å². The Morgan fingerprint density at radius 1 is 1.03 bits per heavy atom. The number of aryl methyl sites for hydroxylation is 1. The van der Waals surface area contributed by atoms with Crippen LogP contribution in [0.15, 0.2) is 59.0 Å². The van der Waals surface area contributed by atoms with Crippen LogP contribution in [0.4, 0.5) is 5.69 Å². The summed E-state index contributed by atoms with van der Waals surface area (Å²) in [5, 5.41) is 2.22. The second-order valence-corrected chi connectivity index (χ2v) is 10.1. The van der Waals surface area contributed by atoms with Gasteiger partial charge in [-0.3, -0.25) is 4.79 Å². The van der Waals surface area contributed by atoms with Gasteiger partial charge in [0.15, 0.2) is 5.78 Å². The van der Waals surface area contributed by atoms with Crippen LogP contribution in [0.1, 0.15) is 29.3 Å². The number of carbonyl (C=O) groups is 1. The average molecular weight is 474 g/mol. The first kappa shape index (κ1) is 24.1. The molecule has 4 rings (SSSR count). The lowest BCUT2D eigenvalue weighted by atomic mass is 9.90. The molecule has 0 saturated heterocycles. The van der Waals surface area contributed by atoms with Crippen molar-refractivity contribution in [2.75, 3.05) is 44.6 Å².